The molecule has 158 valence electrons. The molecule has 0 aliphatic carbocycles. The quantitative estimate of drug-likeness (QED) is 0.276. The lowest BCUT2D eigenvalue weighted by Crippen LogP contribution is -1.93. The standard InChI is InChI=1S/C31H23NO/c1-3-10-29-24(4-2)25-19-20-28-30(31(25)33-29)26-13-8-9-14-27(26)32(28)23-17-15-22(16-18-23)21-11-6-5-7-12-21/h3-20H,2H2,1H3. The van der Waals surface area contributed by atoms with Gasteiger partial charge in [-0.2, -0.15) is 0 Å². The van der Waals surface area contributed by atoms with Crippen LogP contribution < -0.4 is 0 Å². The van der Waals surface area contributed by atoms with Crippen molar-refractivity contribution < 1.29 is 4.42 Å². The molecule has 6 rings (SSSR count). The third-order valence-electron chi connectivity index (χ3n) is 6.31. The van der Waals surface area contributed by atoms with Crippen LogP contribution in [0.25, 0.3) is 61.7 Å². The van der Waals surface area contributed by atoms with Crippen LogP contribution in [-0.2, 0) is 0 Å². The van der Waals surface area contributed by atoms with E-state index in [2.05, 4.69) is 96.1 Å². The molecule has 2 aromatic heterocycles. The van der Waals surface area contributed by atoms with Crippen molar-refractivity contribution in [2.24, 2.45) is 0 Å². The summed E-state index contributed by atoms with van der Waals surface area (Å²) in [5.74, 6) is 0.846. The highest BCUT2D eigenvalue weighted by atomic mass is 16.3. The van der Waals surface area contributed by atoms with E-state index in [-0.39, 0.29) is 0 Å². The molecule has 0 N–H and O–H groups in total. The van der Waals surface area contributed by atoms with E-state index in [4.69, 9.17) is 4.42 Å². The lowest BCUT2D eigenvalue weighted by molar-refractivity contribution is 0.606. The first-order chi connectivity index (χ1) is 16.3. The fraction of sp³-hybridized carbons (Fsp3) is 0.0323. The summed E-state index contributed by atoms with van der Waals surface area (Å²) >= 11 is 0. The van der Waals surface area contributed by atoms with Gasteiger partial charge in [-0.3, -0.25) is 0 Å². The number of rotatable bonds is 4. The third-order valence-corrected chi connectivity index (χ3v) is 6.31. The molecule has 0 radical (unpaired) electrons. The molecule has 2 heteroatoms. The molecule has 0 amide bonds. The van der Waals surface area contributed by atoms with Crippen LogP contribution in [0, 0.1) is 0 Å². The lowest BCUT2D eigenvalue weighted by Gasteiger charge is -2.09. The van der Waals surface area contributed by atoms with Gasteiger partial charge in [0, 0.05) is 22.0 Å². The predicted octanol–water partition coefficient (Wildman–Crippen LogP) is 8.87. The predicted molar refractivity (Wildman–Crippen MR) is 141 cm³/mol. The SMILES string of the molecule is C=Cc1c(C=CC)oc2c1ccc1c2c2ccccc2n1-c1ccc(-c2ccccc2)cc1. The van der Waals surface area contributed by atoms with Gasteiger partial charge in [-0.25, -0.2) is 0 Å². The van der Waals surface area contributed by atoms with Crippen molar-refractivity contribution in [3.8, 4) is 16.8 Å². The van der Waals surface area contributed by atoms with Crippen LogP contribution in [0.3, 0.4) is 0 Å². The van der Waals surface area contributed by atoms with Crippen LogP contribution in [0.4, 0.5) is 0 Å². The Morgan fingerprint density at radius 1 is 0.727 bits per heavy atom. The Hall–Kier alpha value is -4.30. The van der Waals surface area contributed by atoms with Crippen LogP contribution in [0.2, 0.25) is 0 Å². The second-order valence-electron chi connectivity index (χ2n) is 8.19. The Labute approximate surface area is 192 Å². The molecule has 2 heterocycles. The first-order valence-corrected chi connectivity index (χ1v) is 11.2. The number of fused-ring (bicyclic) bond motifs is 5. The fourth-order valence-electron chi connectivity index (χ4n) is 4.84. The van der Waals surface area contributed by atoms with Crippen molar-refractivity contribution in [3.05, 3.63) is 115 Å². The van der Waals surface area contributed by atoms with E-state index in [9.17, 15) is 0 Å². The molecule has 2 nitrogen and oxygen atoms in total. The Bertz CT molecular complexity index is 1660. The number of para-hydroxylation sites is 1. The molecule has 4 aromatic carbocycles. The summed E-state index contributed by atoms with van der Waals surface area (Å²) in [5, 5.41) is 3.41. The number of hydrogen-bond donors (Lipinski definition) is 0. The number of aromatic nitrogens is 1. The molecule has 0 unspecified atom stereocenters. The molecule has 0 saturated carbocycles. The van der Waals surface area contributed by atoms with Gasteiger partial charge in [0.25, 0.3) is 0 Å². The monoisotopic (exact) mass is 425 g/mol. The molecule has 0 aliphatic rings. The van der Waals surface area contributed by atoms with Gasteiger partial charge < -0.3 is 8.98 Å². The summed E-state index contributed by atoms with van der Waals surface area (Å²) < 4.78 is 8.73. The zero-order valence-electron chi connectivity index (χ0n) is 18.5. The van der Waals surface area contributed by atoms with Crippen molar-refractivity contribution in [3.63, 3.8) is 0 Å². The zero-order valence-corrected chi connectivity index (χ0v) is 18.5. The molecular formula is C31H23NO. The van der Waals surface area contributed by atoms with Crippen molar-refractivity contribution in [2.75, 3.05) is 0 Å². The van der Waals surface area contributed by atoms with Gasteiger partial charge in [0.15, 0.2) is 0 Å². The average Bonchev–Trinajstić information content (AvgIpc) is 3.40. The summed E-state index contributed by atoms with van der Waals surface area (Å²) in [6.45, 7) is 6.03. The summed E-state index contributed by atoms with van der Waals surface area (Å²) in [4.78, 5) is 0. The smallest absolute Gasteiger partial charge is 0.145 e. The first kappa shape index (κ1) is 19.4. The Morgan fingerprint density at radius 3 is 2.21 bits per heavy atom. The summed E-state index contributed by atoms with van der Waals surface area (Å²) in [6, 6.07) is 32.1. The Morgan fingerprint density at radius 2 is 1.45 bits per heavy atom. The molecule has 0 aliphatic heterocycles. The van der Waals surface area contributed by atoms with E-state index in [1.807, 2.05) is 31.2 Å². The number of furan rings is 1. The van der Waals surface area contributed by atoms with E-state index in [0.717, 1.165) is 44.4 Å². The Balaban J connectivity index is 1.64. The minimum absolute atomic E-state index is 0.846. The summed E-state index contributed by atoms with van der Waals surface area (Å²) in [6.07, 6.45) is 5.89. The molecule has 0 saturated heterocycles. The van der Waals surface area contributed by atoms with E-state index in [0.29, 0.717) is 0 Å². The maximum atomic E-state index is 6.41. The normalized spacial score (nSPS) is 11.8. The number of allylic oxidation sites excluding steroid dienone is 1. The second kappa shape index (κ2) is 7.68. The molecule has 0 fully saturated rings. The highest BCUT2D eigenvalue weighted by Gasteiger charge is 2.19. The maximum Gasteiger partial charge on any atom is 0.145 e. The number of hydrogen-bond acceptors (Lipinski definition) is 1. The van der Waals surface area contributed by atoms with Gasteiger partial charge >= 0.3 is 0 Å². The molecule has 33 heavy (non-hydrogen) atoms. The molecule has 0 spiro atoms. The largest absolute Gasteiger partial charge is 0.455 e. The fourth-order valence-corrected chi connectivity index (χ4v) is 4.84. The summed E-state index contributed by atoms with van der Waals surface area (Å²) in [5.41, 5.74) is 7.80. The second-order valence-corrected chi connectivity index (χ2v) is 8.19. The van der Waals surface area contributed by atoms with E-state index in [1.54, 1.807) is 0 Å². The minimum atomic E-state index is 0.846. The van der Waals surface area contributed by atoms with E-state index < -0.39 is 0 Å². The Kier molecular flexibility index (Phi) is 4.51. The lowest BCUT2D eigenvalue weighted by atomic mass is 10.1. The summed E-state index contributed by atoms with van der Waals surface area (Å²) in [7, 11) is 0. The van der Waals surface area contributed by atoms with Gasteiger partial charge in [-0.15, -0.1) is 0 Å². The molecule has 0 atom stereocenters. The molecule has 6 aromatic rings. The van der Waals surface area contributed by atoms with Crippen molar-refractivity contribution >= 4 is 44.9 Å². The molecular weight excluding hydrogens is 402 g/mol. The van der Waals surface area contributed by atoms with Gasteiger partial charge in [-0.05, 0) is 54.5 Å². The van der Waals surface area contributed by atoms with Crippen LogP contribution in [0.1, 0.15) is 18.2 Å². The topological polar surface area (TPSA) is 18.1 Å². The third kappa shape index (κ3) is 2.95. The highest BCUT2D eigenvalue weighted by Crippen LogP contribution is 2.40. The zero-order chi connectivity index (χ0) is 22.4. The number of nitrogens with zero attached hydrogens (tertiary/aromatic N) is 1. The molecule has 0 bridgehead atoms. The van der Waals surface area contributed by atoms with Gasteiger partial charge in [0.1, 0.15) is 11.3 Å². The van der Waals surface area contributed by atoms with Crippen LogP contribution in [-0.4, -0.2) is 4.57 Å². The van der Waals surface area contributed by atoms with Crippen LogP contribution >= 0.6 is 0 Å². The van der Waals surface area contributed by atoms with E-state index >= 15 is 0 Å². The van der Waals surface area contributed by atoms with Gasteiger partial charge in [0.05, 0.1) is 16.4 Å². The van der Waals surface area contributed by atoms with Crippen LogP contribution in [0.15, 0.2) is 108 Å². The number of benzene rings is 4. The minimum Gasteiger partial charge on any atom is -0.455 e. The van der Waals surface area contributed by atoms with Gasteiger partial charge in [0.2, 0.25) is 0 Å². The maximum absolute atomic E-state index is 6.41. The average molecular weight is 426 g/mol. The van der Waals surface area contributed by atoms with Crippen molar-refractivity contribution in [1.82, 2.24) is 4.57 Å². The van der Waals surface area contributed by atoms with Gasteiger partial charge in [-0.1, -0.05) is 79.4 Å². The van der Waals surface area contributed by atoms with Crippen molar-refractivity contribution in [2.45, 2.75) is 6.92 Å². The van der Waals surface area contributed by atoms with E-state index in [1.165, 1.54) is 16.5 Å². The highest BCUT2D eigenvalue weighted by molar-refractivity contribution is 6.20. The van der Waals surface area contributed by atoms with Crippen molar-refractivity contribution in [1.29, 1.82) is 0 Å². The first-order valence-electron chi connectivity index (χ1n) is 11.2. The van der Waals surface area contributed by atoms with Crippen LogP contribution in [0.5, 0.6) is 0 Å².